The number of benzene rings is 1. The third-order valence-electron chi connectivity index (χ3n) is 3.12. The fourth-order valence-electron chi connectivity index (χ4n) is 1.71. The van der Waals surface area contributed by atoms with E-state index in [1.165, 1.54) is 0 Å². The van der Waals surface area contributed by atoms with Gasteiger partial charge in [0.1, 0.15) is 0 Å². The molecule has 20 heavy (non-hydrogen) atoms. The Kier molecular flexibility index (Phi) is 7.46. The molecule has 0 saturated heterocycles. The zero-order chi connectivity index (χ0) is 14.8. The molecule has 0 bridgehead atoms. The van der Waals surface area contributed by atoms with Gasteiger partial charge in [-0.05, 0) is 23.6 Å². The zero-order valence-corrected chi connectivity index (χ0v) is 12.3. The minimum absolute atomic E-state index is 0.0817. The van der Waals surface area contributed by atoms with Crippen molar-refractivity contribution >= 4 is 5.91 Å². The Morgan fingerprint density at radius 2 is 2.25 bits per heavy atom. The maximum Gasteiger partial charge on any atom is 0.220 e. The van der Waals surface area contributed by atoms with Crippen LogP contribution in [0.5, 0.6) is 0 Å². The summed E-state index contributed by atoms with van der Waals surface area (Å²) in [5.41, 5.74) is 1.95. The van der Waals surface area contributed by atoms with Crippen LogP contribution in [0.2, 0.25) is 0 Å². The molecule has 2 N–H and O–H groups in total. The van der Waals surface area contributed by atoms with Gasteiger partial charge in [-0.15, -0.1) is 0 Å². The van der Waals surface area contributed by atoms with E-state index in [9.17, 15) is 4.79 Å². The molecule has 1 aromatic rings. The molecule has 3 nitrogen and oxygen atoms in total. The number of rotatable bonds is 6. The predicted octanol–water partition coefficient (Wildman–Crippen LogP) is 2.47. The van der Waals surface area contributed by atoms with Crippen LogP contribution in [0.25, 0.3) is 0 Å². The molecule has 1 rings (SSSR count). The highest BCUT2D eigenvalue weighted by atomic mass is 16.2. The van der Waals surface area contributed by atoms with Crippen molar-refractivity contribution in [2.24, 2.45) is 5.92 Å². The van der Waals surface area contributed by atoms with Crippen LogP contribution >= 0.6 is 0 Å². The molecule has 3 heteroatoms. The minimum atomic E-state index is 0.0817. The summed E-state index contributed by atoms with van der Waals surface area (Å²) in [5, 5.41) is 11.6. The number of carbonyl (C=O) groups excluding carboxylic acids is 1. The van der Waals surface area contributed by atoms with Crippen molar-refractivity contribution in [2.45, 2.75) is 39.7 Å². The SMILES string of the molecule is CCC(C)CC(=O)NCc1cccc(C#CCCO)c1. The highest BCUT2D eigenvalue weighted by Gasteiger charge is 2.06. The lowest BCUT2D eigenvalue weighted by molar-refractivity contribution is -0.122. The van der Waals surface area contributed by atoms with Gasteiger partial charge in [0.2, 0.25) is 5.91 Å². The van der Waals surface area contributed by atoms with Gasteiger partial charge in [0.15, 0.2) is 0 Å². The molecule has 0 aliphatic carbocycles. The topological polar surface area (TPSA) is 49.3 Å². The number of hydrogen-bond acceptors (Lipinski definition) is 2. The molecule has 0 radical (unpaired) electrons. The van der Waals surface area contributed by atoms with Crippen molar-refractivity contribution in [3.63, 3.8) is 0 Å². The summed E-state index contributed by atoms with van der Waals surface area (Å²) in [6.45, 7) is 4.78. The van der Waals surface area contributed by atoms with Crippen LogP contribution < -0.4 is 5.32 Å². The van der Waals surface area contributed by atoms with Gasteiger partial charge >= 0.3 is 0 Å². The molecule has 108 valence electrons. The molecule has 0 spiro atoms. The average molecular weight is 273 g/mol. The van der Waals surface area contributed by atoms with Crippen molar-refractivity contribution in [2.75, 3.05) is 6.61 Å². The van der Waals surface area contributed by atoms with Crippen LogP contribution in [-0.2, 0) is 11.3 Å². The Bertz CT molecular complexity index is 485. The van der Waals surface area contributed by atoms with E-state index < -0.39 is 0 Å². The second-order valence-electron chi connectivity index (χ2n) is 4.97. The van der Waals surface area contributed by atoms with Gasteiger partial charge < -0.3 is 10.4 Å². The van der Waals surface area contributed by atoms with Crippen LogP contribution in [0.3, 0.4) is 0 Å². The first-order chi connectivity index (χ1) is 9.65. The Hall–Kier alpha value is -1.79. The number of aliphatic hydroxyl groups excluding tert-OH is 1. The Morgan fingerprint density at radius 1 is 1.45 bits per heavy atom. The summed E-state index contributed by atoms with van der Waals surface area (Å²) < 4.78 is 0. The van der Waals surface area contributed by atoms with Gasteiger partial charge in [0, 0.05) is 24.9 Å². The number of carbonyl (C=O) groups is 1. The summed E-state index contributed by atoms with van der Waals surface area (Å²) >= 11 is 0. The lowest BCUT2D eigenvalue weighted by Gasteiger charge is -2.09. The highest BCUT2D eigenvalue weighted by Crippen LogP contribution is 2.07. The van der Waals surface area contributed by atoms with E-state index in [1.54, 1.807) is 0 Å². The predicted molar refractivity (Wildman–Crippen MR) is 80.9 cm³/mol. The van der Waals surface area contributed by atoms with Crippen LogP contribution in [0, 0.1) is 17.8 Å². The van der Waals surface area contributed by atoms with E-state index in [2.05, 4.69) is 31.0 Å². The second-order valence-corrected chi connectivity index (χ2v) is 4.97. The first kappa shape index (κ1) is 16.3. The molecule has 0 aliphatic rings. The summed E-state index contributed by atoms with van der Waals surface area (Å²) in [6, 6.07) is 7.79. The van der Waals surface area contributed by atoms with E-state index in [0.717, 1.165) is 17.5 Å². The first-order valence-corrected chi connectivity index (χ1v) is 7.11. The van der Waals surface area contributed by atoms with Gasteiger partial charge in [-0.1, -0.05) is 44.2 Å². The Labute approximate surface area is 121 Å². The van der Waals surface area contributed by atoms with Gasteiger partial charge in [0.05, 0.1) is 6.61 Å². The van der Waals surface area contributed by atoms with Gasteiger partial charge in [0.25, 0.3) is 0 Å². The third-order valence-corrected chi connectivity index (χ3v) is 3.12. The van der Waals surface area contributed by atoms with Crippen molar-refractivity contribution in [3.05, 3.63) is 35.4 Å². The maximum absolute atomic E-state index is 11.7. The second kappa shape index (κ2) is 9.17. The van der Waals surface area contributed by atoms with Crippen LogP contribution in [0.1, 0.15) is 44.2 Å². The van der Waals surface area contributed by atoms with Crippen molar-refractivity contribution < 1.29 is 9.90 Å². The molecule has 0 fully saturated rings. The molecule has 0 aromatic heterocycles. The normalized spacial score (nSPS) is 11.3. The van der Waals surface area contributed by atoms with Crippen molar-refractivity contribution in [3.8, 4) is 11.8 Å². The monoisotopic (exact) mass is 273 g/mol. The van der Waals surface area contributed by atoms with E-state index in [-0.39, 0.29) is 12.5 Å². The molecule has 1 unspecified atom stereocenters. The first-order valence-electron chi connectivity index (χ1n) is 7.11. The van der Waals surface area contributed by atoms with E-state index >= 15 is 0 Å². The third kappa shape index (κ3) is 6.40. The minimum Gasteiger partial charge on any atom is -0.395 e. The van der Waals surface area contributed by atoms with E-state index in [0.29, 0.717) is 25.3 Å². The molecule has 0 aliphatic heterocycles. The summed E-state index contributed by atoms with van der Waals surface area (Å²) in [7, 11) is 0. The zero-order valence-electron chi connectivity index (χ0n) is 12.3. The van der Waals surface area contributed by atoms with Gasteiger partial charge in [-0.25, -0.2) is 0 Å². The van der Waals surface area contributed by atoms with Crippen LogP contribution in [-0.4, -0.2) is 17.6 Å². The summed E-state index contributed by atoms with van der Waals surface area (Å²) in [4.78, 5) is 11.7. The summed E-state index contributed by atoms with van der Waals surface area (Å²) in [5.74, 6) is 6.40. The Morgan fingerprint density at radius 3 is 2.95 bits per heavy atom. The molecule has 1 aromatic carbocycles. The van der Waals surface area contributed by atoms with E-state index in [4.69, 9.17) is 5.11 Å². The molecule has 0 saturated carbocycles. The fraction of sp³-hybridized carbons (Fsp3) is 0.471. The van der Waals surface area contributed by atoms with Crippen molar-refractivity contribution in [1.29, 1.82) is 0 Å². The fourth-order valence-corrected chi connectivity index (χ4v) is 1.71. The lowest BCUT2D eigenvalue weighted by atomic mass is 10.0. The molecule has 1 amide bonds. The van der Waals surface area contributed by atoms with Crippen LogP contribution in [0.4, 0.5) is 0 Å². The summed E-state index contributed by atoms with van der Waals surface area (Å²) in [6.07, 6.45) is 2.08. The quantitative estimate of drug-likeness (QED) is 0.782. The highest BCUT2D eigenvalue weighted by molar-refractivity contribution is 5.76. The lowest BCUT2D eigenvalue weighted by Crippen LogP contribution is -2.24. The maximum atomic E-state index is 11.7. The number of aliphatic hydroxyl groups is 1. The van der Waals surface area contributed by atoms with Crippen molar-refractivity contribution in [1.82, 2.24) is 5.32 Å². The van der Waals surface area contributed by atoms with E-state index in [1.807, 2.05) is 24.3 Å². The van der Waals surface area contributed by atoms with Crippen LogP contribution in [0.15, 0.2) is 24.3 Å². The number of hydrogen-bond donors (Lipinski definition) is 2. The average Bonchev–Trinajstić information content (AvgIpc) is 2.46. The standard InChI is InChI=1S/C17H23NO2/c1-3-14(2)11-17(20)18-13-16-9-6-8-15(12-16)7-4-5-10-19/h6,8-9,12,14,19H,3,5,10-11,13H2,1-2H3,(H,18,20). The smallest absolute Gasteiger partial charge is 0.220 e. The molecule has 0 heterocycles. The van der Waals surface area contributed by atoms with Gasteiger partial charge in [-0.3, -0.25) is 4.79 Å². The largest absolute Gasteiger partial charge is 0.395 e. The molecule has 1 atom stereocenters. The number of nitrogens with one attached hydrogen (secondary N) is 1. The van der Waals surface area contributed by atoms with Gasteiger partial charge in [-0.2, -0.15) is 0 Å². The number of amides is 1. The molecular weight excluding hydrogens is 250 g/mol. The Balaban J connectivity index is 2.50. The molecular formula is C17H23NO2.